The molecule has 0 heterocycles. The third-order valence-corrected chi connectivity index (χ3v) is 8.23. The quantitative estimate of drug-likeness (QED) is 0.0430. The number of phosphoric acid groups is 1. The molecule has 0 aromatic carbocycles. The van der Waals surface area contributed by atoms with Crippen LogP contribution in [-0.2, 0) is 32.7 Å². The number of esters is 2. The van der Waals surface area contributed by atoms with Gasteiger partial charge >= 0.3 is 19.8 Å². The number of hydrogen-bond acceptors (Lipinski definition) is 8. The van der Waals surface area contributed by atoms with E-state index in [-0.39, 0.29) is 38.6 Å². The number of ether oxygens (including phenoxy) is 2. The zero-order valence-corrected chi connectivity index (χ0v) is 27.9. The Hall–Kier alpha value is -0.990. The van der Waals surface area contributed by atoms with Gasteiger partial charge in [-0.2, -0.15) is 0 Å². The highest BCUT2D eigenvalue weighted by Gasteiger charge is 2.25. The molecule has 0 fully saturated rings. The Balaban J connectivity index is 4.24. The van der Waals surface area contributed by atoms with Gasteiger partial charge < -0.3 is 20.1 Å². The molecule has 10 heteroatoms. The lowest BCUT2D eigenvalue weighted by molar-refractivity contribution is -0.161. The van der Waals surface area contributed by atoms with Crippen LogP contribution in [0.15, 0.2) is 0 Å². The van der Waals surface area contributed by atoms with Gasteiger partial charge in [0.2, 0.25) is 0 Å². The van der Waals surface area contributed by atoms with Crippen LogP contribution in [0, 0.1) is 0 Å². The number of carbonyl (C=O) groups excluding carboxylic acids is 2. The number of rotatable bonds is 32. The van der Waals surface area contributed by atoms with Crippen LogP contribution < -0.4 is 5.73 Å². The van der Waals surface area contributed by atoms with Crippen molar-refractivity contribution < 1.29 is 37.6 Å². The highest BCUT2D eigenvalue weighted by molar-refractivity contribution is 7.47. The summed E-state index contributed by atoms with van der Waals surface area (Å²) < 4.78 is 32.5. The van der Waals surface area contributed by atoms with Crippen molar-refractivity contribution in [2.24, 2.45) is 5.73 Å². The van der Waals surface area contributed by atoms with Crippen molar-refractivity contribution in [2.45, 2.75) is 168 Å². The second-order valence-corrected chi connectivity index (χ2v) is 12.9. The Bertz CT molecular complexity index is 679. The van der Waals surface area contributed by atoms with E-state index in [0.29, 0.717) is 6.42 Å². The molecule has 0 saturated carbocycles. The predicted octanol–water partition coefficient (Wildman–Crippen LogP) is 8.55. The lowest BCUT2D eigenvalue weighted by Crippen LogP contribution is -2.29. The summed E-state index contributed by atoms with van der Waals surface area (Å²) in [5.41, 5.74) is 5.31. The van der Waals surface area contributed by atoms with Crippen molar-refractivity contribution in [3.8, 4) is 0 Å². The van der Waals surface area contributed by atoms with E-state index < -0.39 is 26.5 Å². The molecule has 3 N–H and O–H groups in total. The van der Waals surface area contributed by atoms with Crippen LogP contribution in [0.1, 0.15) is 162 Å². The van der Waals surface area contributed by atoms with Crippen LogP contribution in [-0.4, -0.2) is 49.3 Å². The van der Waals surface area contributed by atoms with Crippen LogP contribution >= 0.6 is 7.82 Å². The zero-order valence-electron chi connectivity index (χ0n) is 27.0. The summed E-state index contributed by atoms with van der Waals surface area (Å²) in [5, 5.41) is 0. The van der Waals surface area contributed by atoms with Crippen LogP contribution in [0.4, 0.5) is 0 Å². The first kappa shape index (κ1) is 41.0. The molecule has 250 valence electrons. The molecule has 2 atom stereocenters. The number of nitrogens with two attached hydrogens (primary N) is 1. The zero-order chi connectivity index (χ0) is 31.2. The molecule has 0 rings (SSSR count). The molecule has 9 nitrogen and oxygen atoms in total. The van der Waals surface area contributed by atoms with E-state index in [1.807, 2.05) is 0 Å². The molecule has 0 aromatic rings. The van der Waals surface area contributed by atoms with Crippen LogP contribution in [0.2, 0.25) is 0 Å². The van der Waals surface area contributed by atoms with Gasteiger partial charge in [0.05, 0.1) is 13.2 Å². The van der Waals surface area contributed by atoms with E-state index in [2.05, 4.69) is 13.8 Å². The largest absolute Gasteiger partial charge is 0.472 e. The highest BCUT2D eigenvalue weighted by Crippen LogP contribution is 2.43. The molecule has 0 amide bonds. The molecule has 0 aliphatic heterocycles. The van der Waals surface area contributed by atoms with Crippen molar-refractivity contribution in [1.29, 1.82) is 0 Å². The van der Waals surface area contributed by atoms with Crippen molar-refractivity contribution in [3.63, 3.8) is 0 Å². The lowest BCUT2D eigenvalue weighted by Gasteiger charge is -2.19. The third kappa shape index (κ3) is 29.1. The number of hydrogen-bond donors (Lipinski definition) is 2. The maximum atomic E-state index is 12.4. The third-order valence-electron chi connectivity index (χ3n) is 7.24. The SMILES string of the molecule is CCCCCCCCCCCCCCCC(=O)O[C@H](COC(=O)CCCCCCCCCC)COP(=O)(O)OCCN. The Morgan fingerprint density at radius 3 is 1.45 bits per heavy atom. The van der Waals surface area contributed by atoms with E-state index in [1.54, 1.807) is 0 Å². The smallest absolute Gasteiger partial charge is 0.462 e. The summed E-state index contributed by atoms with van der Waals surface area (Å²) in [4.78, 5) is 34.4. The van der Waals surface area contributed by atoms with Gasteiger partial charge in [-0.25, -0.2) is 4.57 Å². The molecule has 0 aliphatic rings. The standard InChI is InChI=1S/C32H64NO8P/c1-3-5-7-9-11-13-14-15-16-17-19-21-23-25-32(35)41-30(29-40-42(36,37)39-27-26-33)28-38-31(34)24-22-20-18-12-10-8-6-4-2/h30H,3-29,33H2,1-2H3,(H,36,37)/t30-/m1/s1. The number of unbranched alkanes of at least 4 members (excludes halogenated alkanes) is 19. The fourth-order valence-corrected chi connectivity index (χ4v) is 5.46. The Labute approximate surface area is 257 Å². The topological polar surface area (TPSA) is 134 Å². The van der Waals surface area contributed by atoms with Gasteiger partial charge in [-0.3, -0.25) is 18.6 Å². The van der Waals surface area contributed by atoms with Gasteiger partial charge in [0.25, 0.3) is 0 Å². The van der Waals surface area contributed by atoms with E-state index >= 15 is 0 Å². The number of phosphoric ester groups is 1. The van der Waals surface area contributed by atoms with Crippen molar-refractivity contribution >= 4 is 19.8 Å². The highest BCUT2D eigenvalue weighted by atomic mass is 31.2. The maximum Gasteiger partial charge on any atom is 0.472 e. The molecule has 0 bridgehead atoms. The molecule has 0 saturated heterocycles. The minimum Gasteiger partial charge on any atom is -0.462 e. The average Bonchev–Trinajstić information content (AvgIpc) is 2.97. The molecular weight excluding hydrogens is 557 g/mol. The molecule has 0 aliphatic carbocycles. The molecule has 0 spiro atoms. The maximum absolute atomic E-state index is 12.4. The van der Waals surface area contributed by atoms with Crippen molar-refractivity contribution in [3.05, 3.63) is 0 Å². The van der Waals surface area contributed by atoms with Crippen LogP contribution in [0.25, 0.3) is 0 Å². The minimum atomic E-state index is -4.35. The first-order chi connectivity index (χ1) is 20.3. The molecule has 0 aromatic heterocycles. The summed E-state index contributed by atoms with van der Waals surface area (Å²) >= 11 is 0. The van der Waals surface area contributed by atoms with Gasteiger partial charge in [0, 0.05) is 19.4 Å². The summed E-state index contributed by atoms with van der Waals surface area (Å²) in [6.45, 7) is 3.69. The Kier molecular flexibility index (Phi) is 29.3. The molecule has 1 unspecified atom stereocenters. The first-order valence-electron chi connectivity index (χ1n) is 17.0. The van der Waals surface area contributed by atoms with Gasteiger partial charge in [-0.05, 0) is 12.8 Å². The van der Waals surface area contributed by atoms with Gasteiger partial charge in [-0.15, -0.1) is 0 Å². The van der Waals surface area contributed by atoms with E-state index in [0.717, 1.165) is 32.1 Å². The van der Waals surface area contributed by atoms with Crippen molar-refractivity contribution in [1.82, 2.24) is 0 Å². The fraction of sp³-hybridized carbons (Fsp3) is 0.938. The Morgan fingerprint density at radius 1 is 0.619 bits per heavy atom. The molecule has 42 heavy (non-hydrogen) atoms. The van der Waals surface area contributed by atoms with E-state index in [1.165, 1.54) is 96.3 Å². The van der Waals surface area contributed by atoms with Gasteiger partial charge in [0.15, 0.2) is 6.10 Å². The summed E-state index contributed by atoms with van der Waals surface area (Å²) in [7, 11) is -4.35. The molecule has 0 radical (unpaired) electrons. The van der Waals surface area contributed by atoms with Crippen molar-refractivity contribution in [2.75, 3.05) is 26.4 Å². The average molecular weight is 622 g/mol. The van der Waals surface area contributed by atoms with Crippen LogP contribution in [0.5, 0.6) is 0 Å². The second kappa shape index (κ2) is 30.1. The van der Waals surface area contributed by atoms with Gasteiger partial charge in [-0.1, -0.05) is 136 Å². The summed E-state index contributed by atoms with van der Waals surface area (Å²) in [6.07, 6.45) is 24.3. The van der Waals surface area contributed by atoms with Gasteiger partial charge in [0.1, 0.15) is 6.61 Å². The first-order valence-corrected chi connectivity index (χ1v) is 18.5. The summed E-state index contributed by atoms with van der Waals surface area (Å²) in [6, 6.07) is 0. The number of carbonyl (C=O) groups is 2. The minimum absolute atomic E-state index is 0.0573. The van der Waals surface area contributed by atoms with E-state index in [9.17, 15) is 19.0 Å². The second-order valence-electron chi connectivity index (χ2n) is 11.4. The molecular formula is C32H64NO8P. The summed E-state index contributed by atoms with van der Waals surface area (Å²) in [5.74, 6) is -0.827. The van der Waals surface area contributed by atoms with E-state index in [4.69, 9.17) is 24.3 Å². The normalized spacial score (nSPS) is 13.5. The monoisotopic (exact) mass is 621 g/mol. The predicted molar refractivity (Wildman–Crippen MR) is 169 cm³/mol. The Morgan fingerprint density at radius 2 is 1.02 bits per heavy atom. The lowest BCUT2D eigenvalue weighted by atomic mass is 10.0. The fourth-order valence-electron chi connectivity index (χ4n) is 4.69. The van der Waals surface area contributed by atoms with Crippen LogP contribution in [0.3, 0.4) is 0 Å².